The number of hydrogen-bond acceptors (Lipinski definition) is 3. The van der Waals surface area contributed by atoms with E-state index >= 15 is 0 Å². The van der Waals surface area contributed by atoms with E-state index in [4.69, 9.17) is 5.84 Å². The molecule has 6 heteroatoms. The number of nitrogen functional groups attached to an aromatic ring is 1. The molecule has 0 saturated carbocycles. The van der Waals surface area contributed by atoms with E-state index in [9.17, 15) is 13.6 Å². The first-order chi connectivity index (χ1) is 7.51. The molecule has 0 fully saturated rings. The second-order valence-electron chi connectivity index (χ2n) is 3.28. The maximum Gasteiger partial charge on any atom is 0.253 e. The van der Waals surface area contributed by atoms with Crippen molar-refractivity contribution in [2.75, 3.05) is 19.0 Å². The number of carbonyl (C=O) groups is 1. The lowest BCUT2D eigenvalue weighted by Gasteiger charge is -2.15. The molecule has 0 unspecified atom stereocenters. The van der Waals surface area contributed by atoms with Gasteiger partial charge in [0.05, 0.1) is 0 Å². The van der Waals surface area contributed by atoms with Crippen molar-refractivity contribution in [3.8, 4) is 0 Å². The zero-order chi connectivity index (χ0) is 12.3. The number of nitrogens with two attached hydrogens (primary N) is 1. The molecule has 3 N–H and O–H groups in total. The highest BCUT2D eigenvalue weighted by atomic mass is 19.1. The van der Waals surface area contributed by atoms with Crippen molar-refractivity contribution in [2.24, 2.45) is 5.84 Å². The standard InChI is InChI=1S/C10H13F2N3O/c1-3-15(2)10(16)6-4-7(11)9(14-13)8(12)5-6/h4-5,14H,3,13H2,1-2H3. The second kappa shape index (κ2) is 4.89. The predicted molar refractivity (Wildman–Crippen MR) is 56.8 cm³/mol. The predicted octanol–water partition coefficient (Wildman–Crippen LogP) is 1.34. The highest BCUT2D eigenvalue weighted by Crippen LogP contribution is 2.20. The van der Waals surface area contributed by atoms with Crippen molar-refractivity contribution in [3.63, 3.8) is 0 Å². The first kappa shape index (κ1) is 12.4. The molecule has 16 heavy (non-hydrogen) atoms. The molecule has 1 rings (SSSR count). The van der Waals surface area contributed by atoms with Crippen molar-refractivity contribution in [2.45, 2.75) is 6.92 Å². The first-order valence-corrected chi connectivity index (χ1v) is 4.72. The van der Waals surface area contributed by atoms with Crippen LogP contribution in [0.1, 0.15) is 17.3 Å². The normalized spacial score (nSPS) is 10.1. The number of nitrogens with zero attached hydrogens (tertiary/aromatic N) is 1. The molecule has 0 bridgehead atoms. The summed E-state index contributed by atoms with van der Waals surface area (Å²) in [5.74, 6) is 2.71. The number of halogens is 2. The third-order valence-corrected chi connectivity index (χ3v) is 2.25. The van der Waals surface area contributed by atoms with Gasteiger partial charge in [-0.05, 0) is 19.1 Å². The monoisotopic (exact) mass is 229 g/mol. The number of benzene rings is 1. The van der Waals surface area contributed by atoms with Gasteiger partial charge >= 0.3 is 0 Å². The van der Waals surface area contributed by atoms with Crippen LogP contribution in [0.5, 0.6) is 0 Å². The minimum atomic E-state index is -0.893. The summed E-state index contributed by atoms with van der Waals surface area (Å²) in [5, 5.41) is 0. The topological polar surface area (TPSA) is 58.4 Å². The molecule has 0 atom stereocenters. The van der Waals surface area contributed by atoms with Gasteiger partial charge in [0.2, 0.25) is 0 Å². The Labute approximate surface area is 92.0 Å². The Bertz CT molecular complexity index is 386. The summed E-state index contributed by atoms with van der Waals surface area (Å²) in [5.41, 5.74) is 1.41. The van der Waals surface area contributed by atoms with Gasteiger partial charge < -0.3 is 10.3 Å². The molecule has 0 aliphatic rings. The summed E-state index contributed by atoms with van der Waals surface area (Å²) in [7, 11) is 1.55. The molecule has 0 radical (unpaired) electrons. The SMILES string of the molecule is CCN(C)C(=O)c1cc(F)c(NN)c(F)c1. The van der Waals surface area contributed by atoms with Crippen molar-refractivity contribution < 1.29 is 13.6 Å². The van der Waals surface area contributed by atoms with Crippen LogP contribution in [0.4, 0.5) is 14.5 Å². The van der Waals surface area contributed by atoms with E-state index in [1.165, 1.54) is 4.90 Å². The fourth-order valence-electron chi connectivity index (χ4n) is 1.20. The number of rotatable bonds is 3. The minimum absolute atomic E-state index is 0.0432. The maximum atomic E-state index is 13.3. The average Bonchev–Trinajstić information content (AvgIpc) is 2.26. The fourth-order valence-corrected chi connectivity index (χ4v) is 1.20. The average molecular weight is 229 g/mol. The zero-order valence-corrected chi connectivity index (χ0v) is 9.05. The van der Waals surface area contributed by atoms with Gasteiger partial charge in [-0.25, -0.2) is 8.78 Å². The summed E-state index contributed by atoms with van der Waals surface area (Å²) in [6.07, 6.45) is 0. The molecule has 1 aromatic rings. The number of nitrogens with one attached hydrogen (secondary N) is 1. The van der Waals surface area contributed by atoms with Crippen LogP contribution in [0.3, 0.4) is 0 Å². The van der Waals surface area contributed by atoms with Crippen molar-refractivity contribution in [3.05, 3.63) is 29.3 Å². The summed E-state index contributed by atoms with van der Waals surface area (Å²) in [6.45, 7) is 2.22. The fraction of sp³-hybridized carbons (Fsp3) is 0.300. The molecule has 0 spiro atoms. The number of amides is 1. The molecule has 0 aliphatic heterocycles. The Hall–Kier alpha value is -1.69. The molecule has 0 heterocycles. The number of hydrazine groups is 1. The van der Waals surface area contributed by atoms with E-state index in [1.54, 1.807) is 14.0 Å². The van der Waals surface area contributed by atoms with Crippen LogP contribution in [0, 0.1) is 11.6 Å². The van der Waals surface area contributed by atoms with E-state index in [0.29, 0.717) is 6.54 Å². The van der Waals surface area contributed by atoms with Gasteiger partial charge in [-0.15, -0.1) is 0 Å². The summed E-state index contributed by atoms with van der Waals surface area (Å²) in [4.78, 5) is 13.0. The van der Waals surface area contributed by atoms with Crippen LogP contribution >= 0.6 is 0 Å². The van der Waals surface area contributed by atoms with E-state index in [1.807, 2.05) is 5.43 Å². The lowest BCUT2D eigenvalue weighted by molar-refractivity contribution is 0.0801. The van der Waals surface area contributed by atoms with E-state index < -0.39 is 23.2 Å². The van der Waals surface area contributed by atoms with Crippen LogP contribution in [0.15, 0.2) is 12.1 Å². The van der Waals surface area contributed by atoms with Crippen molar-refractivity contribution in [1.29, 1.82) is 0 Å². The zero-order valence-electron chi connectivity index (χ0n) is 9.05. The molecule has 0 saturated heterocycles. The van der Waals surface area contributed by atoms with Gasteiger partial charge in [0, 0.05) is 19.2 Å². The van der Waals surface area contributed by atoms with E-state index in [2.05, 4.69) is 0 Å². The molecule has 1 amide bonds. The Morgan fingerprint density at radius 2 is 1.94 bits per heavy atom. The number of hydrogen-bond donors (Lipinski definition) is 2. The third-order valence-electron chi connectivity index (χ3n) is 2.25. The van der Waals surface area contributed by atoms with Crippen molar-refractivity contribution >= 4 is 11.6 Å². The molecule has 1 aromatic carbocycles. The van der Waals surface area contributed by atoms with Crippen LogP contribution < -0.4 is 11.3 Å². The molecular weight excluding hydrogens is 216 g/mol. The molecule has 4 nitrogen and oxygen atoms in total. The van der Waals surface area contributed by atoms with Crippen LogP contribution in [-0.4, -0.2) is 24.4 Å². The van der Waals surface area contributed by atoms with Gasteiger partial charge in [0.1, 0.15) is 5.69 Å². The smallest absolute Gasteiger partial charge is 0.253 e. The molecule has 0 aromatic heterocycles. The van der Waals surface area contributed by atoms with Crippen LogP contribution in [0.2, 0.25) is 0 Å². The minimum Gasteiger partial charge on any atom is -0.342 e. The summed E-state index contributed by atoms with van der Waals surface area (Å²) >= 11 is 0. The summed E-state index contributed by atoms with van der Waals surface area (Å²) < 4.78 is 26.6. The van der Waals surface area contributed by atoms with Gasteiger partial charge in [0.25, 0.3) is 5.91 Å². The Kier molecular flexibility index (Phi) is 3.78. The number of carbonyl (C=O) groups excluding carboxylic acids is 1. The summed E-state index contributed by atoms with van der Waals surface area (Å²) in [6, 6.07) is 1.90. The van der Waals surface area contributed by atoms with Crippen LogP contribution in [-0.2, 0) is 0 Å². The second-order valence-corrected chi connectivity index (χ2v) is 3.28. The van der Waals surface area contributed by atoms with Crippen LogP contribution in [0.25, 0.3) is 0 Å². The highest BCUT2D eigenvalue weighted by molar-refractivity contribution is 5.94. The third kappa shape index (κ3) is 2.27. The lowest BCUT2D eigenvalue weighted by atomic mass is 10.1. The molecule has 0 aliphatic carbocycles. The van der Waals surface area contributed by atoms with Gasteiger partial charge in [0.15, 0.2) is 11.6 Å². The Morgan fingerprint density at radius 3 is 2.31 bits per heavy atom. The van der Waals surface area contributed by atoms with Gasteiger partial charge in [-0.3, -0.25) is 10.6 Å². The quantitative estimate of drug-likeness (QED) is 0.607. The molecular formula is C10H13F2N3O. The lowest BCUT2D eigenvalue weighted by Crippen LogP contribution is -2.26. The highest BCUT2D eigenvalue weighted by Gasteiger charge is 2.16. The first-order valence-electron chi connectivity index (χ1n) is 4.72. The van der Waals surface area contributed by atoms with Gasteiger partial charge in [-0.2, -0.15) is 0 Å². The Balaban J connectivity index is 3.13. The van der Waals surface area contributed by atoms with Crippen molar-refractivity contribution in [1.82, 2.24) is 4.90 Å². The van der Waals surface area contributed by atoms with E-state index in [0.717, 1.165) is 12.1 Å². The largest absolute Gasteiger partial charge is 0.342 e. The van der Waals surface area contributed by atoms with E-state index in [-0.39, 0.29) is 5.56 Å². The molecule has 88 valence electrons. The van der Waals surface area contributed by atoms with Gasteiger partial charge in [-0.1, -0.05) is 0 Å². The number of anilines is 1. The Morgan fingerprint density at radius 1 is 1.44 bits per heavy atom. The maximum absolute atomic E-state index is 13.3.